The largest absolute Gasteiger partial charge is 0.444 e. The lowest BCUT2D eigenvalue weighted by Gasteiger charge is -2.20. The number of alkyl carbamates (subject to hydrolysis) is 1. The van der Waals surface area contributed by atoms with Gasteiger partial charge in [0.25, 0.3) is 0 Å². The van der Waals surface area contributed by atoms with Crippen molar-refractivity contribution in [2.24, 2.45) is 7.05 Å². The summed E-state index contributed by atoms with van der Waals surface area (Å²) in [6.45, 7) is 7.80. The molecule has 0 aliphatic heterocycles. The van der Waals surface area contributed by atoms with Crippen LogP contribution in [0.15, 0.2) is 0 Å². The highest BCUT2D eigenvalue weighted by molar-refractivity contribution is 6.30. The van der Waals surface area contributed by atoms with Gasteiger partial charge in [-0.1, -0.05) is 11.6 Å². The zero-order valence-corrected chi connectivity index (χ0v) is 15.3. The Labute approximate surface area is 141 Å². The summed E-state index contributed by atoms with van der Waals surface area (Å²) in [7, 11) is 3.45. The quantitative estimate of drug-likeness (QED) is 0.888. The van der Waals surface area contributed by atoms with E-state index in [4.69, 9.17) is 16.3 Å². The van der Waals surface area contributed by atoms with Gasteiger partial charge in [0.1, 0.15) is 10.8 Å². The van der Waals surface area contributed by atoms with E-state index in [0.29, 0.717) is 11.7 Å². The van der Waals surface area contributed by atoms with Crippen LogP contribution in [0.5, 0.6) is 0 Å². The Balaban J connectivity index is 2.44. The normalized spacial score (nSPS) is 11.3. The number of aromatic nitrogens is 2. The third kappa shape index (κ3) is 6.09. The van der Waals surface area contributed by atoms with Crippen LogP contribution < -0.4 is 5.32 Å². The van der Waals surface area contributed by atoms with Gasteiger partial charge in [0.2, 0.25) is 5.91 Å². The van der Waals surface area contributed by atoms with Gasteiger partial charge in [-0.05, 0) is 27.7 Å². The maximum atomic E-state index is 12.1. The van der Waals surface area contributed by atoms with E-state index in [0.717, 1.165) is 11.3 Å². The van der Waals surface area contributed by atoms with Gasteiger partial charge in [-0.25, -0.2) is 4.79 Å². The van der Waals surface area contributed by atoms with E-state index in [1.54, 1.807) is 44.4 Å². The van der Waals surface area contributed by atoms with E-state index in [1.807, 2.05) is 6.92 Å². The molecule has 1 heterocycles. The average molecular weight is 345 g/mol. The minimum atomic E-state index is -0.556. The van der Waals surface area contributed by atoms with Crippen LogP contribution in [0.1, 0.15) is 38.4 Å². The molecule has 0 saturated carbocycles. The molecular formula is C15H25ClN4O3. The highest BCUT2D eigenvalue weighted by Crippen LogP contribution is 2.20. The lowest BCUT2D eigenvalue weighted by Crippen LogP contribution is -2.35. The molecule has 1 N–H and O–H groups in total. The van der Waals surface area contributed by atoms with Crippen LogP contribution in [0.4, 0.5) is 4.79 Å². The van der Waals surface area contributed by atoms with Crippen molar-refractivity contribution in [3.8, 4) is 0 Å². The first-order valence-electron chi connectivity index (χ1n) is 7.40. The van der Waals surface area contributed by atoms with Crippen LogP contribution in [-0.4, -0.2) is 45.9 Å². The van der Waals surface area contributed by atoms with Gasteiger partial charge in [-0.15, -0.1) is 0 Å². The number of aryl methyl sites for hydroxylation is 2. The Morgan fingerprint density at radius 1 is 1.39 bits per heavy atom. The highest BCUT2D eigenvalue weighted by Gasteiger charge is 2.18. The molecule has 0 bridgehead atoms. The zero-order chi connectivity index (χ0) is 17.8. The van der Waals surface area contributed by atoms with Crippen LogP contribution in [0.25, 0.3) is 0 Å². The monoisotopic (exact) mass is 344 g/mol. The molecule has 0 spiro atoms. The van der Waals surface area contributed by atoms with E-state index < -0.39 is 11.7 Å². The number of hydrogen-bond donors (Lipinski definition) is 1. The Bertz CT molecular complexity index is 578. The van der Waals surface area contributed by atoms with Gasteiger partial charge in [0.15, 0.2) is 0 Å². The van der Waals surface area contributed by atoms with Gasteiger partial charge in [0.05, 0.1) is 12.2 Å². The van der Waals surface area contributed by atoms with Gasteiger partial charge < -0.3 is 15.0 Å². The third-order valence-corrected chi connectivity index (χ3v) is 3.57. The Morgan fingerprint density at radius 3 is 2.48 bits per heavy atom. The summed E-state index contributed by atoms with van der Waals surface area (Å²) >= 11 is 6.16. The number of amides is 2. The fourth-order valence-corrected chi connectivity index (χ4v) is 2.19. The van der Waals surface area contributed by atoms with Crippen molar-refractivity contribution in [3.63, 3.8) is 0 Å². The fourth-order valence-electron chi connectivity index (χ4n) is 1.96. The third-order valence-electron chi connectivity index (χ3n) is 3.10. The molecule has 0 radical (unpaired) electrons. The van der Waals surface area contributed by atoms with Crippen LogP contribution in [0.3, 0.4) is 0 Å². The molecule has 1 aromatic rings. The van der Waals surface area contributed by atoms with Crippen molar-refractivity contribution < 1.29 is 14.3 Å². The number of hydrogen-bond acceptors (Lipinski definition) is 4. The summed E-state index contributed by atoms with van der Waals surface area (Å²) in [5.74, 6) is -0.0969. The van der Waals surface area contributed by atoms with E-state index >= 15 is 0 Å². The van der Waals surface area contributed by atoms with Crippen LogP contribution in [0.2, 0.25) is 5.15 Å². The molecule has 0 aliphatic rings. The second-order valence-corrected chi connectivity index (χ2v) is 6.76. The number of halogens is 1. The predicted octanol–water partition coefficient (Wildman–Crippen LogP) is 2.26. The summed E-state index contributed by atoms with van der Waals surface area (Å²) in [5.41, 5.74) is 1.06. The molecule has 0 saturated heterocycles. The number of carbonyl (C=O) groups excluding carboxylic acids is 2. The number of carbonyl (C=O) groups is 2. The lowest BCUT2D eigenvalue weighted by atomic mass is 10.2. The van der Waals surface area contributed by atoms with Crippen LogP contribution in [0, 0.1) is 6.92 Å². The predicted molar refractivity (Wildman–Crippen MR) is 88.3 cm³/mol. The molecule has 8 heteroatoms. The zero-order valence-electron chi connectivity index (χ0n) is 14.6. The number of nitrogens with one attached hydrogen (secondary N) is 1. The summed E-state index contributed by atoms with van der Waals surface area (Å²) in [5, 5.41) is 7.30. The van der Waals surface area contributed by atoms with E-state index in [2.05, 4.69) is 10.4 Å². The lowest BCUT2D eigenvalue weighted by molar-refractivity contribution is -0.130. The van der Waals surface area contributed by atoms with E-state index in [1.165, 1.54) is 0 Å². The van der Waals surface area contributed by atoms with Gasteiger partial charge in [-0.2, -0.15) is 5.10 Å². The first-order chi connectivity index (χ1) is 10.5. The van der Waals surface area contributed by atoms with Gasteiger partial charge in [-0.3, -0.25) is 9.48 Å². The van der Waals surface area contributed by atoms with E-state index in [-0.39, 0.29) is 18.9 Å². The molecule has 0 aromatic carbocycles. The molecular weight excluding hydrogens is 320 g/mol. The molecule has 7 nitrogen and oxygen atoms in total. The molecule has 2 amide bonds. The van der Waals surface area contributed by atoms with Crippen molar-refractivity contribution in [1.29, 1.82) is 0 Å². The fraction of sp³-hybridized carbons (Fsp3) is 0.667. The number of ether oxygens (including phenoxy) is 1. The second kappa shape index (κ2) is 7.68. The SMILES string of the molecule is Cc1nn(C)c(Cl)c1CN(C)C(=O)CCNC(=O)OC(C)(C)C. The maximum absolute atomic E-state index is 12.1. The van der Waals surface area contributed by atoms with Crippen molar-refractivity contribution in [2.45, 2.75) is 46.3 Å². The molecule has 1 aromatic heterocycles. The topological polar surface area (TPSA) is 76.5 Å². The number of nitrogens with zero attached hydrogens (tertiary/aromatic N) is 3. The minimum absolute atomic E-state index is 0.0969. The van der Waals surface area contributed by atoms with Gasteiger partial charge in [0, 0.05) is 32.6 Å². The standard InChI is InChI=1S/C15H25ClN4O3/c1-10-11(13(16)20(6)18-10)9-19(5)12(21)7-8-17-14(22)23-15(2,3)4/h7-9H2,1-6H3,(H,17,22). The molecule has 0 fully saturated rings. The summed E-state index contributed by atoms with van der Waals surface area (Å²) in [4.78, 5) is 25.2. The number of rotatable bonds is 5. The van der Waals surface area contributed by atoms with Crippen molar-refractivity contribution >= 4 is 23.6 Å². The van der Waals surface area contributed by atoms with Crippen LogP contribution in [-0.2, 0) is 23.1 Å². The smallest absolute Gasteiger partial charge is 0.407 e. The maximum Gasteiger partial charge on any atom is 0.407 e. The first-order valence-corrected chi connectivity index (χ1v) is 7.78. The minimum Gasteiger partial charge on any atom is -0.444 e. The molecule has 23 heavy (non-hydrogen) atoms. The van der Waals surface area contributed by atoms with Crippen molar-refractivity contribution in [2.75, 3.05) is 13.6 Å². The molecule has 0 unspecified atom stereocenters. The molecule has 0 atom stereocenters. The summed E-state index contributed by atoms with van der Waals surface area (Å²) < 4.78 is 6.68. The van der Waals surface area contributed by atoms with Crippen molar-refractivity contribution in [3.05, 3.63) is 16.4 Å². The van der Waals surface area contributed by atoms with Crippen LogP contribution >= 0.6 is 11.6 Å². The second-order valence-electron chi connectivity index (χ2n) is 6.41. The Kier molecular flexibility index (Phi) is 6.44. The first kappa shape index (κ1) is 19.3. The van der Waals surface area contributed by atoms with Gasteiger partial charge >= 0.3 is 6.09 Å². The Morgan fingerprint density at radius 2 is 2.00 bits per heavy atom. The highest BCUT2D eigenvalue weighted by atomic mass is 35.5. The average Bonchev–Trinajstić information content (AvgIpc) is 2.63. The summed E-state index contributed by atoms with van der Waals surface area (Å²) in [6.07, 6.45) is -0.341. The Hall–Kier alpha value is -1.76. The van der Waals surface area contributed by atoms with E-state index in [9.17, 15) is 9.59 Å². The summed E-state index contributed by atoms with van der Waals surface area (Å²) in [6, 6.07) is 0. The molecule has 130 valence electrons. The molecule has 1 rings (SSSR count). The van der Waals surface area contributed by atoms with Crippen molar-refractivity contribution in [1.82, 2.24) is 20.0 Å². The molecule has 0 aliphatic carbocycles.